The molecule has 0 amide bonds. The summed E-state index contributed by atoms with van der Waals surface area (Å²) in [6.07, 6.45) is 0. The maximum absolute atomic E-state index is 10.0. The molecular weight excluding hydrogens is 266 g/mol. The molecule has 1 heterocycles. The lowest BCUT2D eigenvalue weighted by atomic mass is 10.1. The average molecular weight is 282 g/mol. The summed E-state index contributed by atoms with van der Waals surface area (Å²) in [5.41, 5.74) is 3.43. The van der Waals surface area contributed by atoms with Gasteiger partial charge in [0.2, 0.25) is 0 Å². The largest absolute Gasteiger partial charge is 0.504 e. The van der Waals surface area contributed by atoms with E-state index in [4.69, 9.17) is 16.3 Å². The minimum absolute atomic E-state index is 0.0956. The van der Waals surface area contributed by atoms with Gasteiger partial charge >= 0.3 is 0 Å². The highest BCUT2D eigenvalue weighted by Crippen LogP contribution is 2.34. The molecule has 0 spiro atoms. The number of phenolic OH excluding ortho intramolecular Hbond substituents is 1. The van der Waals surface area contributed by atoms with Gasteiger partial charge in [-0.2, -0.15) is 5.10 Å². The van der Waals surface area contributed by atoms with E-state index in [1.807, 2.05) is 13.8 Å². The molecule has 2 aromatic rings. The van der Waals surface area contributed by atoms with Crippen molar-refractivity contribution < 1.29 is 9.84 Å². The summed E-state index contributed by atoms with van der Waals surface area (Å²) in [6.45, 7) is 4.27. The Bertz CT molecular complexity index is 576. The predicted octanol–water partition coefficient (Wildman–Crippen LogP) is 3.01. The van der Waals surface area contributed by atoms with Crippen LogP contribution in [0.25, 0.3) is 0 Å². The minimum Gasteiger partial charge on any atom is -0.504 e. The number of aromatic amines is 1. The number of hydrogen-bond acceptors (Lipinski definition) is 4. The van der Waals surface area contributed by atoms with Crippen molar-refractivity contribution in [2.75, 3.05) is 12.4 Å². The first-order valence-corrected chi connectivity index (χ1v) is 6.21. The number of H-pyrrole nitrogens is 1. The molecule has 0 bridgehead atoms. The molecule has 0 saturated heterocycles. The van der Waals surface area contributed by atoms with Crippen LogP contribution in [0.4, 0.5) is 5.69 Å². The lowest BCUT2D eigenvalue weighted by Gasteiger charge is -2.11. The summed E-state index contributed by atoms with van der Waals surface area (Å²) in [5, 5.41) is 20.8. The fraction of sp³-hybridized carbons (Fsp3) is 0.308. The van der Waals surface area contributed by atoms with Gasteiger partial charge in [0.25, 0.3) is 0 Å². The van der Waals surface area contributed by atoms with Gasteiger partial charge in [-0.1, -0.05) is 11.6 Å². The van der Waals surface area contributed by atoms with E-state index >= 15 is 0 Å². The standard InChI is InChI=1S/C13H16ClN3O2/c1-7-12(8(2)17-16-7)15-6-9-4-10(14)5-11(19-3)13(9)18/h4-5,15,18H,6H2,1-3H3,(H,16,17). The van der Waals surface area contributed by atoms with Crippen LogP contribution in [0.3, 0.4) is 0 Å². The van der Waals surface area contributed by atoms with E-state index in [0.717, 1.165) is 17.1 Å². The maximum Gasteiger partial charge on any atom is 0.162 e. The number of benzene rings is 1. The summed E-state index contributed by atoms with van der Waals surface area (Å²) < 4.78 is 5.07. The number of aryl methyl sites for hydroxylation is 2. The number of phenols is 1. The highest BCUT2D eigenvalue weighted by Gasteiger charge is 2.11. The number of nitrogens with one attached hydrogen (secondary N) is 2. The first kappa shape index (κ1) is 13.5. The predicted molar refractivity (Wildman–Crippen MR) is 75.1 cm³/mol. The van der Waals surface area contributed by atoms with E-state index in [0.29, 0.717) is 22.9 Å². The van der Waals surface area contributed by atoms with Gasteiger partial charge in [0.05, 0.1) is 24.2 Å². The van der Waals surface area contributed by atoms with Crippen molar-refractivity contribution in [3.05, 3.63) is 34.1 Å². The van der Waals surface area contributed by atoms with Crippen LogP contribution in [0.1, 0.15) is 17.0 Å². The average Bonchev–Trinajstić information content (AvgIpc) is 2.70. The van der Waals surface area contributed by atoms with E-state index < -0.39 is 0 Å². The Hall–Kier alpha value is -1.88. The number of halogens is 1. The zero-order valence-corrected chi connectivity index (χ0v) is 11.8. The number of anilines is 1. The Morgan fingerprint density at radius 2 is 2.16 bits per heavy atom. The Balaban J connectivity index is 2.22. The Morgan fingerprint density at radius 1 is 1.42 bits per heavy atom. The van der Waals surface area contributed by atoms with Gasteiger partial charge in [-0.25, -0.2) is 0 Å². The highest BCUT2D eigenvalue weighted by molar-refractivity contribution is 6.30. The number of ether oxygens (including phenoxy) is 1. The van der Waals surface area contributed by atoms with E-state index in [-0.39, 0.29) is 5.75 Å². The topological polar surface area (TPSA) is 70.2 Å². The van der Waals surface area contributed by atoms with Crippen molar-refractivity contribution >= 4 is 17.3 Å². The first-order valence-electron chi connectivity index (χ1n) is 5.83. The van der Waals surface area contributed by atoms with Crippen LogP contribution in [0, 0.1) is 13.8 Å². The molecule has 2 rings (SSSR count). The van der Waals surface area contributed by atoms with Crippen molar-refractivity contribution in [3.63, 3.8) is 0 Å². The molecule has 0 atom stereocenters. The summed E-state index contributed by atoms with van der Waals surface area (Å²) in [6, 6.07) is 3.28. The van der Waals surface area contributed by atoms with Crippen LogP contribution in [0.15, 0.2) is 12.1 Å². The lowest BCUT2D eigenvalue weighted by Crippen LogP contribution is -2.02. The van der Waals surface area contributed by atoms with Crippen molar-refractivity contribution in [3.8, 4) is 11.5 Å². The Morgan fingerprint density at radius 3 is 2.74 bits per heavy atom. The molecule has 0 unspecified atom stereocenters. The fourth-order valence-electron chi connectivity index (χ4n) is 1.91. The van der Waals surface area contributed by atoms with Crippen molar-refractivity contribution in [2.45, 2.75) is 20.4 Å². The first-order chi connectivity index (χ1) is 9.02. The van der Waals surface area contributed by atoms with Crippen LogP contribution in [-0.2, 0) is 6.54 Å². The summed E-state index contributed by atoms with van der Waals surface area (Å²) in [5.74, 6) is 0.461. The fourth-order valence-corrected chi connectivity index (χ4v) is 2.14. The quantitative estimate of drug-likeness (QED) is 0.806. The van der Waals surface area contributed by atoms with Crippen LogP contribution in [0.5, 0.6) is 11.5 Å². The minimum atomic E-state index is 0.0956. The highest BCUT2D eigenvalue weighted by atomic mass is 35.5. The molecule has 0 aliphatic carbocycles. The molecule has 3 N–H and O–H groups in total. The molecule has 0 fully saturated rings. The molecule has 0 aliphatic heterocycles. The van der Waals surface area contributed by atoms with E-state index in [2.05, 4.69) is 15.5 Å². The van der Waals surface area contributed by atoms with Gasteiger partial charge < -0.3 is 15.2 Å². The summed E-state index contributed by atoms with van der Waals surface area (Å²) >= 11 is 5.99. The second kappa shape index (κ2) is 5.40. The van der Waals surface area contributed by atoms with Crippen LogP contribution >= 0.6 is 11.6 Å². The summed E-state index contributed by atoms with van der Waals surface area (Å²) in [7, 11) is 1.49. The second-order valence-electron chi connectivity index (χ2n) is 4.28. The zero-order chi connectivity index (χ0) is 14.0. The van der Waals surface area contributed by atoms with Gasteiger partial charge in [-0.15, -0.1) is 0 Å². The molecule has 0 radical (unpaired) electrons. The van der Waals surface area contributed by atoms with Crippen molar-refractivity contribution in [1.82, 2.24) is 10.2 Å². The zero-order valence-electron chi connectivity index (χ0n) is 11.0. The maximum atomic E-state index is 10.0. The number of hydrogen-bond donors (Lipinski definition) is 3. The molecule has 0 aliphatic rings. The number of aromatic hydroxyl groups is 1. The third-order valence-corrected chi connectivity index (χ3v) is 3.14. The number of nitrogens with zero attached hydrogens (tertiary/aromatic N) is 1. The van der Waals surface area contributed by atoms with Crippen molar-refractivity contribution in [2.24, 2.45) is 0 Å². The molecule has 5 nitrogen and oxygen atoms in total. The molecule has 6 heteroatoms. The molecule has 102 valence electrons. The number of methoxy groups -OCH3 is 1. The monoisotopic (exact) mass is 281 g/mol. The molecule has 19 heavy (non-hydrogen) atoms. The van der Waals surface area contributed by atoms with Crippen molar-refractivity contribution in [1.29, 1.82) is 0 Å². The third-order valence-electron chi connectivity index (χ3n) is 2.92. The van der Waals surface area contributed by atoms with E-state index in [1.165, 1.54) is 7.11 Å². The van der Waals surface area contributed by atoms with Gasteiger partial charge in [0.1, 0.15) is 0 Å². The number of aromatic nitrogens is 2. The van der Waals surface area contributed by atoms with E-state index in [9.17, 15) is 5.11 Å². The van der Waals surface area contributed by atoms with Gasteiger partial charge in [-0.3, -0.25) is 5.10 Å². The van der Waals surface area contributed by atoms with Gasteiger partial charge in [0, 0.05) is 23.2 Å². The Kier molecular flexibility index (Phi) is 3.85. The summed E-state index contributed by atoms with van der Waals surface area (Å²) in [4.78, 5) is 0. The Labute approximate surface area is 116 Å². The number of rotatable bonds is 4. The van der Waals surface area contributed by atoms with Crippen LogP contribution in [-0.4, -0.2) is 22.4 Å². The molecule has 0 saturated carbocycles. The van der Waals surface area contributed by atoms with Gasteiger partial charge in [-0.05, 0) is 19.9 Å². The van der Waals surface area contributed by atoms with Crippen LogP contribution in [0.2, 0.25) is 5.02 Å². The SMILES string of the molecule is COc1cc(Cl)cc(CNc2c(C)n[nH]c2C)c1O. The van der Waals surface area contributed by atoms with Crippen LogP contribution < -0.4 is 10.1 Å². The van der Waals surface area contributed by atoms with E-state index in [1.54, 1.807) is 12.1 Å². The normalized spacial score (nSPS) is 10.5. The smallest absolute Gasteiger partial charge is 0.162 e. The third kappa shape index (κ3) is 2.76. The molecule has 1 aromatic carbocycles. The lowest BCUT2D eigenvalue weighted by molar-refractivity contribution is 0.371. The molecular formula is C13H16ClN3O2. The second-order valence-corrected chi connectivity index (χ2v) is 4.71. The van der Waals surface area contributed by atoms with Gasteiger partial charge in [0.15, 0.2) is 11.5 Å². The molecule has 1 aromatic heterocycles.